The van der Waals surface area contributed by atoms with Gasteiger partial charge in [-0.25, -0.2) is 0 Å². The van der Waals surface area contributed by atoms with Gasteiger partial charge in [-0.15, -0.1) is 0 Å². The zero-order valence-corrected chi connectivity index (χ0v) is 9.67. The molecule has 1 rings (SSSR count). The minimum Gasteiger partial charge on any atom is -0.294 e. The molecule has 0 aromatic carbocycles. The third-order valence-electron chi connectivity index (χ3n) is 2.04. The molecule has 0 unspecified atom stereocenters. The van der Waals surface area contributed by atoms with Gasteiger partial charge < -0.3 is 0 Å². The molecule has 0 atom stereocenters. The molecule has 0 heterocycles. The highest BCUT2D eigenvalue weighted by Crippen LogP contribution is 2.22. The van der Waals surface area contributed by atoms with Gasteiger partial charge in [0.25, 0.3) is 0 Å². The molecule has 82 valence electrons. The lowest BCUT2D eigenvalue weighted by Crippen LogP contribution is -2.19. The monoisotopic (exact) mass is 206 g/mol. The number of carbonyl (C=O) groups is 2. The maximum Gasteiger partial charge on any atom is 0.164 e. The Bertz CT molecular complexity index is 319. The number of ketones is 2. The highest BCUT2D eigenvalue weighted by molar-refractivity contribution is 6.17. The van der Waals surface area contributed by atoms with Gasteiger partial charge in [-0.1, -0.05) is 38.7 Å². The third-order valence-corrected chi connectivity index (χ3v) is 2.04. The quantitative estimate of drug-likeness (QED) is 0.618. The molecule has 0 bridgehead atoms. The van der Waals surface area contributed by atoms with Gasteiger partial charge in [-0.2, -0.15) is 0 Å². The van der Waals surface area contributed by atoms with E-state index in [0.717, 1.165) is 0 Å². The van der Waals surface area contributed by atoms with Crippen molar-refractivity contribution in [2.75, 3.05) is 0 Å². The average molecular weight is 206 g/mol. The van der Waals surface area contributed by atoms with Crippen molar-refractivity contribution in [1.29, 1.82) is 0 Å². The van der Waals surface area contributed by atoms with E-state index in [1.807, 2.05) is 13.8 Å². The van der Waals surface area contributed by atoms with Crippen LogP contribution in [0.3, 0.4) is 0 Å². The van der Waals surface area contributed by atoms with Crippen molar-refractivity contribution < 1.29 is 9.59 Å². The highest BCUT2D eigenvalue weighted by atomic mass is 16.1. The number of hydrogen-bond acceptors (Lipinski definition) is 2. The Kier molecular flexibility index (Phi) is 6.27. The summed E-state index contributed by atoms with van der Waals surface area (Å²) in [6.45, 7) is 9.28. The van der Waals surface area contributed by atoms with Crippen LogP contribution in [0.25, 0.3) is 0 Å². The van der Waals surface area contributed by atoms with E-state index in [1.165, 1.54) is 6.08 Å². The van der Waals surface area contributed by atoms with Gasteiger partial charge >= 0.3 is 0 Å². The first kappa shape index (κ1) is 13.6. The molecule has 0 saturated heterocycles. The molecule has 0 aliphatic heterocycles. The van der Waals surface area contributed by atoms with Gasteiger partial charge in [-0.3, -0.25) is 9.59 Å². The Morgan fingerprint density at radius 1 is 1.07 bits per heavy atom. The summed E-state index contributed by atoms with van der Waals surface area (Å²) in [5.41, 5.74) is 1.05. The summed E-state index contributed by atoms with van der Waals surface area (Å²) < 4.78 is 0. The molecule has 0 radical (unpaired) electrons. The molecule has 1 aliphatic carbocycles. The Morgan fingerprint density at radius 3 is 1.93 bits per heavy atom. The van der Waals surface area contributed by atoms with Gasteiger partial charge in [0.15, 0.2) is 11.6 Å². The van der Waals surface area contributed by atoms with E-state index in [4.69, 9.17) is 0 Å². The van der Waals surface area contributed by atoms with Crippen LogP contribution in [0.15, 0.2) is 36.0 Å². The molecule has 0 aromatic rings. The van der Waals surface area contributed by atoms with E-state index >= 15 is 0 Å². The fourth-order valence-corrected chi connectivity index (χ4v) is 1.41. The Morgan fingerprint density at radius 2 is 1.53 bits per heavy atom. The molecule has 0 amide bonds. The van der Waals surface area contributed by atoms with E-state index in [2.05, 4.69) is 6.58 Å². The molecule has 15 heavy (non-hydrogen) atoms. The zero-order chi connectivity index (χ0) is 11.8. The normalized spacial score (nSPS) is 21.3. The lowest BCUT2D eigenvalue weighted by Gasteiger charge is -2.14. The summed E-state index contributed by atoms with van der Waals surface area (Å²) in [6.07, 6.45) is 5.50. The molecule has 0 aromatic heterocycles. The molecule has 2 nitrogen and oxygen atoms in total. The minimum atomic E-state index is 0.0348. The Balaban J connectivity index is 0.000000921. The second kappa shape index (κ2) is 6.93. The molecule has 1 aliphatic rings. The summed E-state index contributed by atoms with van der Waals surface area (Å²) in [7, 11) is 0. The van der Waals surface area contributed by atoms with Gasteiger partial charge in [0.1, 0.15) is 0 Å². The van der Waals surface area contributed by atoms with Crippen molar-refractivity contribution in [2.24, 2.45) is 0 Å². The zero-order valence-electron chi connectivity index (χ0n) is 9.67. The topological polar surface area (TPSA) is 34.1 Å². The summed E-state index contributed by atoms with van der Waals surface area (Å²) in [5.74, 6) is 0.0859. The van der Waals surface area contributed by atoms with Crippen LogP contribution in [0.5, 0.6) is 0 Å². The Hall–Kier alpha value is -1.44. The average Bonchev–Trinajstić information content (AvgIpc) is 2.27. The first-order valence-corrected chi connectivity index (χ1v) is 5.26. The fourth-order valence-electron chi connectivity index (χ4n) is 1.41. The van der Waals surface area contributed by atoms with Crippen LogP contribution in [-0.4, -0.2) is 11.6 Å². The summed E-state index contributed by atoms with van der Waals surface area (Å²) in [5, 5.41) is 0. The van der Waals surface area contributed by atoms with Crippen LogP contribution >= 0.6 is 0 Å². The van der Waals surface area contributed by atoms with Gasteiger partial charge in [0.2, 0.25) is 0 Å². The standard InChI is InChI=1S/C11H12O2.C2H6/c1-3-5-9-8(4-2)10(12)6-7-11(9)13;1-2/h3-5H,1,6-7H2,2H3;1-2H3/b8-4+,9-5+;. The van der Waals surface area contributed by atoms with Crippen LogP contribution in [0.1, 0.15) is 33.6 Å². The smallest absolute Gasteiger partial charge is 0.164 e. The van der Waals surface area contributed by atoms with Crippen molar-refractivity contribution in [3.8, 4) is 0 Å². The second-order valence-electron chi connectivity index (χ2n) is 2.86. The molecule has 0 spiro atoms. The van der Waals surface area contributed by atoms with Gasteiger partial charge in [0, 0.05) is 24.0 Å². The highest BCUT2D eigenvalue weighted by Gasteiger charge is 2.25. The van der Waals surface area contributed by atoms with E-state index in [0.29, 0.717) is 24.0 Å². The van der Waals surface area contributed by atoms with E-state index in [9.17, 15) is 9.59 Å². The molecule has 1 fully saturated rings. The van der Waals surface area contributed by atoms with Crippen molar-refractivity contribution in [3.05, 3.63) is 36.0 Å². The van der Waals surface area contributed by atoms with Crippen LogP contribution in [0.2, 0.25) is 0 Å². The fraction of sp³-hybridized carbons (Fsp3) is 0.385. The van der Waals surface area contributed by atoms with Crippen LogP contribution in [0.4, 0.5) is 0 Å². The lowest BCUT2D eigenvalue weighted by atomic mass is 9.87. The molecular formula is C13H18O2. The van der Waals surface area contributed by atoms with Crippen molar-refractivity contribution in [1.82, 2.24) is 0 Å². The predicted octanol–water partition coefficient (Wildman–Crippen LogP) is 3.00. The van der Waals surface area contributed by atoms with Crippen LogP contribution in [-0.2, 0) is 9.59 Å². The first-order chi connectivity index (χ1) is 7.20. The first-order valence-electron chi connectivity index (χ1n) is 5.26. The minimum absolute atomic E-state index is 0.0348. The molecule has 2 heteroatoms. The lowest BCUT2D eigenvalue weighted by molar-refractivity contribution is -0.122. The SMILES string of the molecule is C=C/C=C1/C(=O)CCC(=O)/C1=C/C.CC. The van der Waals surface area contributed by atoms with E-state index in [1.54, 1.807) is 19.1 Å². The number of allylic oxidation sites excluding steroid dienone is 5. The van der Waals surface area contributed by atoms with Crippen molar-refractivity contribution >= 4 is 11.6 Å². The maximum absolute atomic E-state index is 11.4. The third kappa shape index (κ3) is 3.31. The maximum atomic E-state index is 11.4. The summed E-state index contributed by atoms with van der Waals surface area (Å²) in [4.78, 5) is 22.8. The second-order valence-corrected chi connectivity index (χ2v) is 2.86. The van der Waals surface area contributed by atoms with Crippen LogP contribution < -0.4 is 0 Å². The van der Waals surface area contributed by atoms with Crippen molar-refractivity contribution in [3.63, 3.8) is 0 Å². The predicted molar refractivity (Wildman–Crippen MR) is 62.6 cm³/mol. The Labute approximate surface area is 91.4 Å². The largest absolute Gasteiger partial charge is 0.294 e. The molecule has 0 N–H and O–H groups in total. The summed E-state index contributed by atoms with van der Waals surface area (Å²) in [6, 6.07) is 0. The number of Topliss-reactive ketones (excluding diaryl/α,β-unsaturated/α-hetero) is 2. The van der Waals surface area contributed by atoms with E-state index in [-0.39, 0.29) is 11.6 Å². The number of hydrogen-bond donors (Lipinski definition) is 0. The molecule has 1 saturated carbocycles. The number of carbonyl (C=O) groups excluding carboxylic acids is 2. The van der Waals surface area contributed by atoms with Crippen LogP contribution in [0, 0.1) is 0 Å². The molecular weight excluding hydrogens is 188 g/mol. The van der Waals surface area contributed by atoms with E-state index < -0.39 is 0 Å². The van der Waals surface area contributed by atoms with Crippen molar-refractivity contribution in [2.45, 2.75) is 33.6 Å². The summed E-state index contributed by atoms with van der Waals surface area (Å²) >= 11 is 0. The van der Waals surface area contributed by atoms with Gasteiger partial charge in [-0.05, 0) is 6.92 Å². The van der Waals surface area contributed by atoms with Gasteiger partial charge in [0.05, 0.1) is 0 Å². The number of rotatable bonds is 1.